The van der Waals surface area contributed by atoms with Gasteiger partial charge in [0.25, 0.3) is 0 Å². The first-order chi connectivity index (χ1) is 6.79. The van der Waals surface area contributed by atoms with Crippen LogP contribution in [0.4, 0.5) is 5.82 Å². The monoisotopic (exact) mass is 209 g/mol. The zero-order chi connectivity index (χ0) is 11.6. The molecule has 0 aliphatic carbocycles. The molecule has 84 valence electrons. The van der Waals surface area contributed by atoms with E-state index in [1.54, 1.807) is 6.07 Å². The van der Waals surface area contributed by atoms with E-state index in [1.165, 1.54) is 0 Å². The minimum absolute atomic E-state index is 0.0899. The van der Waals surface area contributed by atoms with Crippen molar-refractivity contribution in [1.82, 2.24) is 9.97 Å². The Morgan fingerprint density at radius 2 is 1.87 bits per heavy atom. The molecule has 0 fully saturated rings. The number of nitrogens with two attached hydrogens (primary N) is 1. The van der Waals surface area contributed by atoms with Crippen LogP contribution in [0.2, 0.25) is 0 Å². The van der Waals surface area contributed by atoms with Crippen LogP contribution in [-0.2, 0) is 5.41 Å². The molecule has 1 heterocycles. The van der Waals surface area contributed by atoms with Gasteiger partial charge in [-0.05, 0) is 13.8 Å². The molecular formula is C11H19N3O. The molecule has 0 saturated carbocycles. The van der Waals surface area contributed by atoms with Crippen molar-refractivity contribution in [2.45, 2.75) is 46.1 Å². The minimum Gasteiger partial charge on any atom is -0.475 e. The van der Waals surface area contributed by atoms with Crippen molar-refractivity contribution in [3.05, 3.63) is 11.9 Å². The van der Waals surface area contributed by atoms with Crippen LogP contribution in [0.5, 0.6) is 5.88 Å². The summed E-state index contributed by atoms with van der Waals surface area (Å²) in [5.74, 6) is 1.70. The number of aromatic nitrogens is 2. The Hall–Kier alpha value is -1.32. The fourth-order valence-electron chi connectivity index (χ4n) is 1.08. The van der Waals surface area contributed by atoms with E-state index in [1.807, 2.05) is 34.6 Å². The van der Waals surface area contributed by atoms with Crippen LogP contribution < -0.4 is 10.5 Å². The van der Waals surface area contributed by atoms with Gasteiger partial charge in [0.2, 0.25) is 5.88 Å². The number of hydrogen-bond acceptors (Lipinski definition) is 4. The summed E-state index contributed by atoms with van der Waals surface area (Å²) < 4.78 is 5.50. The highest BCUT2D eigenvalue weighted by Gasteiger charge is 2.19. The van der Waals surface area contributed by atoms with Crippen molar-refractivity contribution in [3.8, 4) is 5.88 Å². The molecule has 1 rings (SSSR count). The van der Waals surface area contributed by atoms with Crippen molar-refractivity contribution < 1.29 is 4.74 Å². The molecular weight excluding hydrogens is 190 g/mol. The van der Waals surface area contributed by atoms with E-state index < -0.39 is 0 Å². The topological polar surface area (TPSA) is 61.0 Å². The Kier molecular flexibility index (Phi) is 3.17. The van der Waals surface area contributed by atoms with Gasteiger partial charge in [-0.1, -0.05) is 20.8 Å². The Morgan fingerprint density at radius 1 is 1.27 bits per heavy atom. The van der Waals surface area contributed by atoms with Crippen LogP contribution >= 0.6 is 0 Å². The molecule has 1 aromatic rings. The van der Waals surface area contributed by atoms with E-state index in [2.05, 4.69) is 9.97 Å². The van der Waals surface area contributed by atoms with Crippen molar-refractivity contribution in [2.24, 2.45) is 0 Å². The summed E-state index contributed by atoms with van der Waals surface area (Å²) in [7, 11) is 0. The third-order valence-corrected chi connectivity index (χ3v) is 1.75. The molecule has 0 amide bonds. The predicted octanol–water partition coefficient (Wildman–Crippen LogP) is 2.14. The van der Waals surface area contributed by atoms with Gasteiger partial charge in [0, 0.05) is 11.5 Å². The molecule has 0 radical (unpaired) electrons. The van der Waals surface area contributed by atoms with Crippen molar-refractivity contribution >= 4 is 5.82 Å². The highest BCUT2D eigenvalue weighted by molar-refractivity contribution is 5.34. The van der Waals surface area contributed by atoms with Gasteiger partial charge < -0.3 is 10.5 Å². The number of hydrogen-bond donors (Lipinski definition) is 1. The maximum absolute atomic E-state index is 5.70. The lowest BCUT2D eigenvalue weighted by Crippen LogP contribution is -2.18. The second-order valence-corrected chi connectivity index (χ2v) is 4.87. The maximum atomic E-state index is 5.70. The average molecular weight is 209 g/mol. The van der Waals surface area contributed by atoms with E-state index in [9.17, 15) is 0 Å². The smallest absolute Gasteiger partial charge is 0.218 e. The van der Waals surface area contributed by atoms with E-state index in [0.29, 0.717) is 17.5 Å². The third kappa shape index (κ3) is 3.38. The fourth-order valence-corrected chi connectivity index (χ4v) is 1.08. The van der Waals surface area contributed by atoms with Gasteiger partial charge in [-0.2, -0.15) is 4.98 Å². The van der Waals surface area contributed by atoms with Gasteiger partial charge in [-0.3, -0.25) is 0 Å². The molecule has 0 aliphatic rings. The van der Waals surface area contributed by atoms with Gasteiger partial charge in [0.1, 0.15) is 11.6 Å². The number of nitrogens with zero attached hydrogens (tertiary/aromatic N) is 2. The van der Waals surface area contributed by atoms with Crippen LogP contribution in [0.15, 0.2) is 6.07 Å². The molecule has 0 bridgehead atoms. The summed E-state index contributed by atoms with van der Waals surface area (Å²) in [4.78, 5) is 8.53. The highest BCUT2D eigenvalue weighted by Crippen LogP contribution is 2.22. The van der Waals surface area contributed by atoms with Crippen LogP contribution in [0.25, 0.3) is 0 Å². The van der Waals surface area contributed by atoms with E-state index >= 15 is 0 Å². The van der Waals surface area contributed by atoms with Crippen LogP contribution in [-0.4, -0.2) is 16.1 Å². The van der Waals surface area contributed by atoms with E-state index in [-0.39, 0.29) is 11.5 Å². The maximum Gasteiger partial charge on any atom is 0.218 e. The van der Waals surface area contributed by atoms with Gasteiger partial charge in [-0.15, -0.1) is 0 Å². The molecule has 2 N–H and O–H groups in total. The molecule has 0 aliphatic heterocycles. The lowest BCUT2D eigenvalue weighted by atomic mass is 9.96. The summed E-state index contributed by atoms with van der Waals surface area (Å²) in [6.07, 6.45) is 0.0899. The zero-order valence-corrected chi connectivity index (χ0v) is 10.0. The predicted molar refractivity (Wildman–Crippen MR) is 60.9 cm³/mol. The normalized spacial score (nSPS) is 11.9. The van der Waals surface area contributed by atoms with Crippen LogP contribution in [0, 0.1) is 0 Å². The number of rotatable bonds is 2. The molecule has 0 unspecified atom stereocenters. The van der Waals surface area contributed by atoms with Gasteiger partial charge in [0.15, 0.2) is 0 Å². The van der Waals surface area contributed by atoms with E-state index in [4.69, 9.17) is 10.5 Å². The quantitative estimate of drug-likeness (QED) is 0.810. The molecule has 4 heteroatoms. The second-order valence-electron chi connectivity index (χ2n) is 4.87. The lowest BCUT2D eigenvalue weighted by Gasteiger charge is -2.18. The molecule has 15 heavy (non-hydrogen) atoms. The Bertz CT molecular complexity index is 342. The first kappa shape index (κ1) is 11.8. The summed E-state index contributed by atoms with van der Waals surface area (Å²) in [6.45, 7) is 10.0. The Morgan fingerprint density at radius 3 is 2.33 bits per heavy atom. The summed E-state index contributed by atoms with van der Waals surface area (Å²) in [5.41, 5.74) is 5.58. The van der Waals surface area contributed by atoms with Gasteiger partial charge in [0.05, 0.1) is 6.10 Å². The molecule has 1 aromatic heterocycles. The lowest BCUT2D eigenvalue weighted by molar-refractivity contribution is 0.230. The standard InChI is InChI=1S/C11H19N3O/c1-7(2)15-9-6-8(12)13-10(14-9)11(3,4)5/h6-7H,1-5H3,(H2,12,13,14). The average Bonchev–Trinajstić information content (AvgIpc) is 1.99. The van der Waals surface area contributed by atoms with Gasteiger partial charge >= 0.3 is 0 Å². The SMILES string of the molecule is CC(C)Oc1cc(N)nc(C(C)(C)C)n1. The largest absolute Gasteiger partial charge is 0.475 e. The zero-order valence-electron chi connectivity index (χ0n) is 10.0. The van der Waals surface area contributed by atoms with Crippen LogP contribution in [0.1, 0.15) is 40.4 Å². The molecule has 0 atom stereocenters. The third-order valence-electron chi connectivity index (χ3n) is 1.75. The minimum atomic E-state index is -0.121. The van der Waals surface area contributed by atoms with E-state index in [0.717, 1.165) is 0 Å². The highest BCUT2D eigenvalue weighted by atomic mass is 16.5. The molecule has 0 saturated heterocycles. The Labute approximate surface area is 90.9 Å². The second kappa shape index (κ2) is 4.04. The molecule has 4 nitrogen and oxygen atoms in total. The number of nitrogen functional groups attached to an aromatic ring is 1. The summed E-state index contributed by atoms with van der Waals surface area (Å²) >= 11 is 0. The molecule has 0 spiro atoms. The summed E-state index contributed by atoms with van der Waals surface area (Å²) in [5, 5.41) is 0. The van der Waals surface area contributed by atoms with Gasteiger partial charge in [-0.25, -0.2) is 4.98 Å². The first-order valence-corrected chi connectivity index (χ1v) is 5.10. The fraction of sp³-hybridized carbons (Fsp3) is 0.636. The van der Waals surface area contributed by atoms with Crippen molar-refractivity contribution in [3.63, 3.8) is 0 Å². The number of ether oxygens (including phenoxy) is 1. The van der Waals surface area contributed by atoms with Crippen LogP contribution in [0.3, 0.4) is 0 Å². The Balaban J connectivity index is 3.06. The van der Waals surface area contributed by atoms with Crippen molar-refractivity contribution in [1.29, 1.82) is 0 Å². The van der Waals surface area contributed by atoms with Crippen molar-refractivity contribution in [2.75, 3.05) is 5.73 Å². The molecule has 0 aromatic carbocycles. The number of anilines is 1. The summed E-state index contributed by atoms with van der Waals surface area (Å²) in [6, 6.07) is 1.65. The first-order valence-electron chi connectivity index (χ1n) is 5.10.